The molecule has 1 aliphatic heterocycles. The highest BCUT2D eigenvalue weighted by atomic mass is 16.2. The van der Waals surface area contributed by atoms with Crippen molar-refractivity contribution in [3.05, 3.63) is 24.3 Å². The molecule has 1 atom stereocenters. The molecule has 4 amide bonds. The Balaban J connectivity index is 1.55. The summed E-state index contributed by atoms with van der Waals surface area (Å²) in [7, 11) is 0. The summed E-state index contributed by atoms with van der Waals surface area (Å²) in [5.41, 5.74) is 0.889. The predicted molar refractivity (Wildman–Crippen MR) is 122 cm³/mol. The third-order valence-electron chi connectivity index (χ3n) is 6.84. The van der Waals surface area contributed by atoms with E-state index in [2.05, 4.69) is 34.4 Å². The number of para-hydroxylation sites is 2. The lowest BCUT2D eigenvalue weighted by Crippen LogP contribution is -2.48. The van der Waals surface area contributed by atoms with E-state index in [4.69, 9.17) is 0 Å². The minimum Gasteiger partial charge on any atom is -0.323 e. The average molecular weight is 441 g/mol. The van der Waals surface area contributed by atoms with Gasteiger partial charge in [0.15, 0.2) is 0 Å². The second-order valence-electron chi connectivity index (χ2n) is 8.66. The molecule has 9 nitrogen and oxygen atoms in total. The van der Waals surface area contributed by atoms with Gasteiger partial charge in [-0.15, -0.1) is 0 Å². The highest BCUT2D eigenvalue weighted by molar-refractivity contribution is 6.11. The smallest absolute Gasteiger partial charge is 0.323 e. The summed E-state index contributed by atoms with van der Waals surface area (Å²) in [5.74, 6) is -0.293. The highest BCUT2D eigenvalue weighted by Crippen LogP contribution is 2.35. The van der Waals surface area contributed by atoms with E-state index in [1.807, 2.05) is 28.8 Å². The van der Waals surface area contributed by atoms with E-state index >= 15 is 0 Å². The molecular weight excluding hydrogens is 408 g/mol. The zero-order valence-electron chi connectivity index (χ0n) is 19.1. The van der Waals surface area contributed by atoms with Gasteiger partial charge in [-0.1, -0.05) is 38.8 Å². The van der Waals surface area contributed by atoms with E-state index in [0.29, 0.717) is 25.3 Å². The molecule has 2 fully saturated rings. The number of carbonyl (C=O) groups is 3. The molecule has 0 bridgehead atoms. The van der Waals surface area contributed by atoms with Crippen molar-refractivity contribution in [1.29, 1.82) is 0 Å². The van der Waals surface area contributed by atoms with Gasteiger partial charge in [-0.3, -0.25) is 14.9 Å². The second-order valence-corrected chi connectivity index (χ2v) is 8.66. The van der Waals surface area contributed by atoms with Crippen LogP contribution in [-0.2, 0) is 16.1 Å². The molecule has 2 aliphatic rings. The Bertz CT molecular complexity index is 1020. The molecule has 1 spiro atoms. The fourth-order valence-electron chi connectivity index (χ4n) is 4.82. The number of imide groups is 1. The first-order valence-corrected chi connectivity index (χ1v) is 11.5. The average Bonchev–Trinajstić information content (AvgIpc) is 3.45. The molecule has 1 aromatic carbocycles. The second kappa shape index (κ2) is 8.90. The molecule has 1 saturated heterocycles. The summed E-state index contributed by atoms with van der Waals surface area (Å²) in [4.78, 5) is 46.7. The lowest BCUT2D eigenvalue weighted by Gasteiger charge is -2.24. The van der Waals surface area contributed by atoms with E-state index in [1.54, 1.807) is 6.92 Å². The van der Waals surface area contributed by atoms with Crippen LogP contribution in [0, 0.1) is 0 Å². The van der Waals surface area contributed by atoms with E-state index < -0.39 is 23.5 Å². The van der Waals surface area contributed by atoms with Gasteiger partial charge in [-0.2, -0.15) is 0 Å². The standard InChI is InChI=1S/C23H32N6O3/c1-4-27(5-2)14-15-28-18-11-7-6-10-17(18)24-21(28)25-19(30)16(3)29-20(31)23(26-22(29)32)12-8-9-13-23/h6-7,10-11,16H,4-5,8-9,12-15H2,1-3H3,(H,26,32)(H,24,25,30). The molecule has 1 aromatic heterocycles. The molecule has 4 rings (SSSR count). The summed E-state index contributed by atoms with van der Waals surface area (Å²) in [6.45, 7) is 9.19. The van der Waals surface area contributed by atoms with E-state index in [9.17, 15) is 14.4 Å². The van der Waals surface area contributed by atoms with E-state index in [0.717, 1.165) is 48.4 Å². The van der Waals surface area contributed by atoms with Crippen LogP contribution >= 0.6 is 0 Å². The van der Waals surface area contributed by atoms with Crippen molar-refractivity contribution < 1.29 is 14.4 Å². The zero-order chi connectivity index (χ0) is 22.9. The minimum absolute atomic E-state index is 0.294. The maximum Gasteiger partial charge on any atom is 0.325 e. The third kappa shape index (κ3) is 3.85. The summed E-state index contributed by atoms with van der Waals surface area (Å²) in [6.07, 6.45) is 3.06. The number of anilines is 1. The van der Waals surface area contributed by atoms with Gasteiger partial charge < -0.3 is 14.8 Å². The van der Waals surface area contributed by atoms with Crippen molar-refractivity contribution in [1.82, 2.24) is 24.7 Å². The van der Waals surface area contributed by atoms with Gasteiger partial charge in [0, 0.05) is 13.1 Å². The number of rotatable bonds is 8. The van der Waals surface area contributed by atoms with Crippen LogP contribution in [0.25, 0.3) is 11.0 Å². The van der Waals surface area contributed by atoms with Gasteiger partial charge in [-0.05, 0) is 45.0 Å². The number of fused-ring (bicyclic) bond motifs is 1. The van der Waals surface area contributed by atoms with Crippen LogP contribution in [0.1, 0.15) is 46.5 Å². The number of nitrogens with zero attached hydrogens (tertiary/aromatic N) is 4. The molecule has 1 aliphatic carbocycles. The molecule has 1 unspecified atom stereocenters. The Morgan fingerprint density at radius 2 is 1.91 bits per heavy atom. The molecule has 1 saturated carbocycles. The largest absolute Gasteiger partial charge is 0.325 e. The predicted octanol–water partition coefficient (Wildman–Crippen LogP) is 2.57. The fourth-order valence-corrected chi connectivity index (χ4v) is 4.82. The van der Waals surface area contributed by atoms with Crippen LogP contribution in [0.5, 0.6) is 0 Å². The molecule has 2 aromatic rings. The number of imidazole rings is 1. The number of aromatic nitrogens is 2. The Kier molecular flexibility index (Phi) is 6.19. The number of carbonyl (C=O) groups excluding carboxylic acids is 3. The van der Waals surface area contributed by atoms with Gasteiger partial charge in [-0.25, -0.2) is 14.7 Å². The van der Waals surface area contributed by atoms with Crippen molar-refractivity contribution in [3.8, 4) is 0 Å². The van der Waals surface area contributed by atoms with Crippen molar-refractivity contribution in [2.24, 2.45) is 0 Å². The minimum atomic E-state index is -0.932. The molecule has 2 N–H and O–H groups in total. The van der Waals surface area contributed by atoms with Gasteiger partial charge >= 0.3 is 6.03 Å². The summed E-state index contributed by atoms with van der Waals surface area (Å²) >= 11 is 0. The molecule has 0 radical (unpaired) electrons. The Morgan fingerprint density at radius 1 is 1.22 bits per heavy atom. The first-order valence-electron chi connectivity index (χ1n) is 11.5. The first kappa shape index (κ1) is 22.3. The van der Waals surface area contributed by atoms with Crippen LogP contribution < -0.4 is 10.6 Å². The number of amides is 4. The van der Waals surface area contributed by atoms with Crippen molar-refractivity contribution in [3.63, 3.8) is 0 Å². The SMILES string of the molecule is CCN(CC)CCn1c(NC(=O)C(C)N2C(=O)NC3(CCCC3)C2=O)nc2ccccc21. The monoisotopic (exact) mass is 440 g/mol. The van der Waals surface area contributed by atoms with Crippen LogP contribution in [0.15, 0.2) is 24.3 Å². The van der Waals surface area contributed by atoms with Crippen molar-refractivity contribution in [2.45, 2.75) is 64.6 Å². The van der Waals surface area contributed by atoms with Gasteiger partial charge in [0.25, 0.3) is 5.91 Å². The number of hydrogen-bond acceptors (Lipinski definition) is 5. The lowest BCUT2D eigenvalue weighted by atomic mass is 9.97. The van der Waals surface area contributed by atoms with Crippen LogP contribution in [0.2, 0.25) is 0 Å². The van der Waals surface area contributed by atoms with E-state index in [1.165, 1.54) is 0 Å². The Hall–Kier alpha value is -2.94. The topological polar surface area (TPSA) is 99.6 Å². The quantitative estimate of drug-likeness (QED) is 0.615. The molecule has 32 heavy (non-hydrogen) atoms. The lowest BCUT2D eigenvalue weighted by molar-refractivity contribution is -0.136. The van der Waals surface area contributed by atoms with Crippen LogP contribution in [-0.4, -0.2) is 68.4 Å². The van der Waals surface area contributed by atoms with Crippen LogP contribution in [0.4, 0.5) is 10.7 Å². The summed E-state index contributed by atoms with van der Waals surface area (Å²) < 4.78 is 1.99. The van der Waals surface area contributed by atoms with Gasteiger partial charge in [0.05, 0.1) is 11.0 Å². The highest BCUT2D eigenvalue weighted by Gasteiger charge is 2.54. The number of hydrogen-bond donors (Lipinski definition) is 2. The van der Waals surface area contributed by atoms with Crippen molar-refractivity contribution >= 4 is 34.8 Å². The molecule has 172 valence electrons. The molecular formula is C23H32N6O3. The number of likely N-dealkylation sites (N-methyl/N-ethyl adjacent to an activating group) is 1. The number of urea groups is 1. The zero-order valence-corrected chi connectivity index (χ0v) is 19.1. The van der Waals surface area contributed by atoms with Crippen LogP contribution in [0.3, 0.4) is 0 Å². The summed E-state index contributed by atoms with van der Waals surface area (Å²) in [6, 6.07) is 6.31. The van der Waals surface area contributed by atoms with Crippen molar-refractivity contribution in [2.75, 3.05) is 25.0 Å². The third-order valence-corrected chi connectivity index (χ3v) is 6.84. The molecule has 2 heterocycles. The molecule has 9 heteroatoms. The van der Waals surface area contributed by atoms with Gasteiger partial charge in [0.2, 0.25) is 11.9 Å². The maximum atomic E-state index is 13.1. The normalized spacial score (nSPS) is 18.7. The summed E-state index contributed by atoms with van der Waals surface area (Å²) in [5, 5.41) is 5.72. The van der Waals surface area contributed by atoms with E-state index in [-0.39, 0.29) is 5.91 Å². The Labute approximate surface area is 188 Å². The number of nitrogens with one attached hydrogen (secondary N) is 2. The fraction of sp³-hybridized carbons (Fsp3) is 0.565. The van der Waals surface area contributed by atoms with Gasteiger partial charge in [0.1, 0.15) is 11.6 Å². The maximum absolute atomic E-state index is 13.1. The number of benzene rings is 1. The Morgan fingerprint density at radius 3 is 2.59 bits per heavy atom. The first-order chi connectivity index (χ1) is 15.4.